The van der Waals surface area contributed by atoms with Crippen LogP contribution in [-0.2, 0) is 28.1 Å². The minimum absolute atomic E-state index is 0.0496. The van der Waals surface area contributed by atoms with E-state index in [4.69, 9.17) is 14.2 Å². The smallest absolute Gasteiger partial charge is 0.422 e. The summed E-state index contributed by atoms with van der Waals surface area (Å²) in [7, 11) is -1.09. The predicted octanol–water partition coefficient (Wildman–Crippen LogP) is 3.16. The second-order valence-corrected chi connectivity index (χ2v) is 11.1. The topological polar surface area (TPSA) is 159 Å². The van der Waals surface area contributed by atoms with Crippen molar-refractivity contribution < 1.29 is 32.2 Å². The number of anilines is 1. The number of nitrogens with one attached hydrogen (secondary N) is 3. The molecule has 12 nitrogen and oxygen atoms in total. The highest BCUT2D eigenvalue weighted by molar-refractivity contribution is 7.87. The van der Waals surface area contributed by atoms with Crippen molar-refractivity contribution in [2.24, 2.45) is 0 Å². The zero-order valence-corrected chi connectivity index (χ0v) is 23.9. The van der Waals surface area contributed by atoms with Crippen LogP contribution in [-0.4, -0.2) is 58.1 Å². The first-order chi connectivity index (χ1) is 20.2. The molecule has 220 valence electrons. The van der Waals surface area contributed by atoms with Crippen LogP contribution < -0.4 is 24.8 Å². The molecular weight excluding hydrogens is 562 g/mol. The Hall–Kier alpha value is -4.80. The fourth-order valence-corrected chi connectivity index (χ4v) is 5.52. The van der Waals surface area contributed by atoms with Gasteiger partial charge in [0.15, 0.2) is 11.5 Å². The molecule has 3 N–H and O–H groups in total. The van der Waals surface area contributed by atoms with Gasteiger partial charge in [-0.3, -0.25) is 4.79 Å². The Balaban J connectivity index is 1.37. The van der Waals surface area contributed by atoms with E-state index in [1.807, 2.05) is 16.9 Å². The maximum atomic E-state index is 13.2. The number of carbonyl (C=O) groups is 2. The van der Waals surface area contributed by atoms with Crippen LogP contribution in [0.1, 0.15) is 33.5 Å². The fourth-order valence-electron chi connectivity index (χ4n) is 4.40. The van der Waals surface area contributed by atoms with Crippen molar-refractivity contribution in [1.29, 1.82) is 5.26 Å². The van der Waals surface area contributed by atoms with Crippen LogP contribution in [0.5, 0.6) is 11.5 Å². The van der Waals surface area contributed by atoms with E-state index in [1.54, 1.807) is 54.6 Å². The molecule has 0 radical (unpaired) electrons. The zero-order valence-electron chi connectivity index (χ0n) is 23.1. The minimum Gasteiger partial charge on any atom is -0.493 e. The second kappa shape index (κ2) is 13.7. The predicted molar refractivity (Wildman–Crippen MR) is 154 cm³/mol. The van der Waals surface area contributed by atoms with Gasteiger partial charge >= 0.3 is 16.3 Å². The Kier molecular flexibility index (Phi) is 9.85. The van der Waals surface area contributed by atoms with Gasteiger partial charge in [-0.15, -0.1) is 0 Å². The van der Waals surface area contributed by atoms with Gasteiger partial charge in [0.05, 0.1) is 31.4 Å². The van der Waals surface area contributed by atoms with Crippen molar-refractivity contribution in [2.45, 2.75) is 25.6 Å². The number of rotatable bonds is 11. The van der Waals surface area contributed by atoms with Crippen molar-refractivity contribution >= 4 is 27.9 Å². The number of benzene rings is 3. The molecule has 1 aliphatic rings. The molecule has 0 aliphatic carbocycles. The Bertz CT molecular complexity index is 1570. The summed E-state index contributed by atoms with van der Waals surface area (Å²) in [6.45, 7) is 0.322. The molecule has 2 amide bonds. The molecule has 1 atom stereocenters. The minimum atomic E-state index is -4.15. The van der Waals surface area contributed by atoms with Gasteiger partial charge in [0.2, 0.25) is 0 Å². The molecule has 0 aromatic heterocycles. The quantitative estimate of drug-likeness (QED) is 0.304. The monoisotopic (exact) mass is 593 g/mol. The van der Waals surface area contributed by atoms with Crippen LogP contribution in [0.2, 0.25) is 0 Å². The highest BCUT2D eigenvalue weighted by Gasteiger charge is 2.33. The molecule has 1 saturated heterocycles. The van der Waals surface area contributed by atoms with Crippen molar-refractivity contribution in [3.05, 3.63) is 89.0 Å². The van der Waals surface area contributed by atoms with E-state index in [2.05, 4.69) is 10.6 Å². The third-order valence-electron chi connectivity index (χ3n) is 6.57. The van der Waals surface area contributed by atoms with Gasteiger partial charge in [0, 0.05) is 31.4 Å². The first-order valence-corrected chi connectivity index (χ1v) is 14.4. The summed E-state index contributed by atoms with van der Waals surface area (Å²) in [6, 6.07) is 20.5. The molecule has 1 fully saturated rings. The van der Waals surface area contributed by atoms with Gasteiger partial charge in [-0.1, -0.05) is 36.4 Å². The summed E-state index contributed by atoms with van der Waals surface area (Å²) in [5.74, 6) is 0.667. The molecule has 42 heavy (non-hydrogen) atoms. The first kappa shape index (κ1) is 30.2. The van der Waals surface area contributed by atoms with E-state index in [0.717, 1.165) is 15.4 Å². The van der Waals surface area contributed by atoms with E-state index >= 15 is 0 Å². The maximum Gasteiger partial charge on any atom is 0.422 e. The third kappa shape index (κ3) is 7.68. The van der Waals surface area contributed by atoms with Crippen LogP contribution >= 0.6 is 0 Å². The summed E-state index contributed by atoms with van der Waals surface area (Å²) < 4.78 is 44.2. The summed E-state index contributed by atoms with van der Waals surface area (Å²) >= 11 is 0. The van der Waals surface area contributed by atoms with Gasteiger partial charge in [0.1, 0.15) is 6.61 Å². The van der Waals surface area contributed by atoms with Crippen LogP contribution in [0.4, 0.5) is 10.5 Å². The van der Waals surface area contributed by atoms with Crippen LogP contribution in [0.15, 0.2) is 66.7 Å². The number of hydrogen-bond donors (Lipinski definition) is 3. The first-order valence-electron chi connectivity index (χ1n) is 13.0. The molecular formula is C29H31N5O7S. The molecule has 0 unspecified atom stereocenters. The Morgan fingerprint density at radius 1 is 1.00 bits per heavy atom. The lowest BCUT2D eigenvalue weighted by molar-refractivity contribution is 0.0951. The van der Waals surface area contributed by atoms with Crippen molar-refractivity contribution in [2.75, 3.05) is 32.6 Å². The number of methoxy groups -OCH3 is 2. The lowest BCUT2D eigenvalue weighted by atomic mass is 10.1. The maximum absolute atomic E-state index is 13.2. The van der Waals surface area contributed by atoms with Gasteiger partial charge < -0.3 is 24.8 Å². The highest BCUT2D eigenvalue weighted by atomic mass is 32.2. The molecule has 1 heterocycles. The van der Waals surface area contributed by atoms with Gasteiger partial charge in [-0.2, -0.15) is 18.0 Å². The normalized spacial score (nSPS) is 14.8. The highest BCUT2D eigenvalue weighted by Crippen LogP contribution is 2.28. The molecule has 3 aromatic carbocycles. The van der Waals surface area contributed by atoms with Crippen LogP contribution in [0.25, 0.3) is 0 Å². The van der Waals surface area contributed by atoms with E-state index < -0.39 is 22.2 Å². The largest absolute Gasteiger partial charge is 0.493 e. The van der Waals surface area contributed by atoms with Crippen molar-refractivity contribution in [3.63, 3.8) is 0 Å². The molecule has 1 aliphatic heterocycles. The summed E-state index contributed by atoms with van der Waals surface area (Å²) in [5, 5.41) is 15.5. The number of ether oxygens (including phenoxy) is 3. The van der Waals surface area contributed by atoms with E-state index in [-0.39, 0.29) is 37.8 Å². The number of hydrogen-bond acceptors (Lipinski definition) is 9. The standard InChI is InChI=1S/C29H31N5O7S/c1-39-26-11-9-22(15-27(26)40-2)17-31-28(35)24-14-21(16-30)8-10-25(24)32-23-12-13-34(18-23)42(37,38)33-29(36)41-19-20-6-4-3-5-7-20/h3-11,14-15,23,32H,12-13,17-19H2,1-2H3,(H,31,35)(H,33,36)/t23-/m1/s1. The summed E-state index contributed by atoms with van der Waals surface area (Å²) in [6.07, 6.45) is -0.650. The van der Waals surface area contributed by atoms with Gasteiger partial charge in [0.25, 0.3) is 5.91 Å². The zero-order chi connectivity index (χ0) is 30.1. The molecule has 0 spiro atoms. The van der Waals surface area contributed by atoms with E-state index in [1.165, 1.54) is 20.3 Å². The number of carbonyl (C=O) groups excluding carboxylic acids is 2. The molecule has 4 rings (SSSR count). The van der Waals surface area contributed by atoms with E-state index in [0.29, 0.717) is 29.2 Å². The molecule has 13 heteroatoms. The molecule has 3 aromatic rings. The number of nitriles is 1. The Labute approximate surface area is 244 Å². The SMILES string of the molecule is COc1ccc(CNC(=O)c2cc(C#N)ccc2N[C@@H]2CCN(S(=O)(=O)NC(=O)OCc3ccccc3)C2)cc1OC. The Morgan fingerprint density at radius 3 is 2.48 bits per heavy atom. The second-order valence-electron chi connectivity index (χ2n) is 9.40. The lowest BCUT2D eigenvalue weighted by Gasteiger charge is -2.19. The fraction of sp³-hybridized carbons (Fsp3) is 0.276. The Morgan fingerprint density at radius 2 is 1.76 bits per heavy atom. The van der Waals surface area contributed by atoms with Crippen molar-refractivity contribution in [1.82, 2.24) is 14.3 Å². The number of amides is 2. The lowest BCUT2D eigenvalue weighted by Crippen LogP contribution is -2.43. The summed E-state index contributed by atoms with van der Waals surface area (Å²) in [5.41, 5.74) is 2.47. The summed E-state index contributed by atoms with van der Waals surface area (Å²) in [4.78, 5) is 25.3. The van der Waals surface area contributed by atoms with Crippen molar-refractivity contribution in [3.8, 4) is 17.6 Å². The van der Waals surface area contributed by atoms with Crippen LogP contribution in [0, 0.1) is 11.3 Å². The van der Waals surface area contributed by atoms with Gasteiger partial charge in [-0.25, -0.2) is 9.52 Å². The molecule has 0 saturated carbocycles. The van der Waals surface area contributed by atoms with Crippen LogP contribution in [0.3, 0.4) is 0 Å². The third-order valence-corrected chi connectivity index (χ3v) is 8.01. The molecule has 0 bridgehead atoms. The van der Waals surface area contributed by atoms with E-state index in [9.17, 15) is 23.3 Å². The number of nitrogens with zero attached hydrogens (tertiary/aromatic N) is 2. The average Bonchev–Trinajstić information content (AvgIpc) is 3.49. The average molecular weight is 594 g/mol. The van der Waals surface area contributed by atoms with Gasteiger partial charge in [-0.05, 0) is 47.9 Å².